The van der Waals surface area contributed by atoms with Gasteiger partial charge in [-0.05, 0) is 36.6 Å². The number of benzene rings is 1. The molecule has 3 heteroatoms. The molecule has 0 spiro atoms. The minimum absolute atomic E-state index is 0.0541. The number of pyridine rings is 1. The number of carbonyl (C=O) groups excluding carboxylic acids is 1. The highest BCUT2D eigenvalue weighted by Gasteiger charge is 2.33. The van der Waals surface area contributed by atoms with Crippen LogP contribution in [0.3, 0.4) is 0 Å². The Labute approximate surface area is 143 Å². The Balaban J connectivity index is 1.66. The monoisotopic (exact) mass is 320 g/mol. The molecule has 1 fully saturated rings. The van der Waals surface area contributed by atoms with Crippen LogP contribution in [0.4, 0.5) is 0 Å². The first-order chi connectivity index (χ1) is 11.8. The summed E-state index contributed by atoms with van der Waals surface area (Å²) in [5.74, 6) is -0.0541. The van der Waals surface area contributed by atoms with Crippen LogP contribution in [0, 0.1) is 0 Å². The molecular formula is C21H24N2O. The van der Waals surface area contributed by atoms with Gasteiger partial charge in [-0.1, -0.05) is 55.7 Å². The van der Waals surface area contributed by atoms with Gasteiger partial charge in [0.05, 0.1) is 5.69 Å². The van der Waals surface area contributed by atoms with Crippen molar-refractivity contribution < 1.29 is 4.79 Å². The third-order valence-corrected chi connectivity index (χ3v) is 4.89. The molecule has 1 aliphatic carbocycles. The van der Waals surface area contributed by atoms with Crippen LogP contribution in [-0.2, 0) is 10.2 Å². The van der Waals surface area contributed by atoms with E-state index in [0.717, 1.165) is 18.5 Å². The molecule has 0 saturated heterocycles. The van der Waals surface area contributed by atoms with Crippen molar-refractivity contribution in [2.45, 2.75) is 37.5 Å². The summed E-state index contributed by atoms with van der Waals surface area (Å²) in [5.41, 5.74) is 2.22. The van der Waals surface area contributed by atoms with Crippen LogP contribution in [0.5, 0.6) is 0 Å². The zero-order valence-corrected chi connectivity index (χ0v) is 13.9. The Hall–Kier alpha value is -2.42. The van der Waals surface area contributed by atoms with E-state index in [4.69, 9.17) is 0 Å². The first kappa shape index (κ1) is 16.4. The van der Waals surface area contributed by atoms with E-state index in [2.05, 4.69) is 34.6 Å². The quantitative estimate of drug-likeness (QED) is 0.842. The van der Waals surface area contributed by atoms with Gasteiger partial charge in [0.1, 0.15) is 0 Å². The van der Waals surface area contributed by atoms with Gasteiger partial charge in [0.25, 0.3) is 0 Å². The number of amides is 1. The minimum Gasteiger partial charge on any atom is -0.352 e. The van der Waals surface area contributed by atoms with Crippen LogP contribution < -0.4 is 5.32 Å². The van der Waals surface area contributed by atoms with E-state index in [1.54, 1.807) is 18.3 Å². The van der Waals surface area contributed by atoms with Crippen molar-refractivity contribution in [1.82, 2.24) is 10.3 Å². The summed E-state index contributed by atoms with van der Waals surface area (Å²) in [6.07, 6.45) is 11.1. The summed E-state index contributed by atoms with van der Waals surface area (Å²) in [7, 11) is 0. The molecule has 2 aromatic rings. The summed E-state index contributed by atoms with van der Waals surface area (Å²) >= 11 is 0. The topological polar surface area (TPSA) is 42.0 Å². The maximum Gasteiger partial charge on any atom is 0.244 e. The molecule has 1 heterocycles. The van der Waals surface area contributed by atoms with Crippen LogP contribution in [0.1, 0.15) is 43.4 Å². The molecule has 1 amide bonds. The molecule has 1 saturated carbocycles. The van der Waals surface area contributed by atoms with E-state index in [-0.39, 0.29) is 11.3 Å². The van der Waals surface area contributed by atoms with Gasteiger partial charge < -0.3 is 5.32 Å². The Morgan fingerprint density at radius 1 is 1.04 bits per heavy atom. The summed E-state index contributed by atoms with van der Waals surface area (Å²) < 4.78 is 0. The van der Waals surface area contributed by atoms with Crippen LogP contribution in [0.15, 0.2) is 60.8 Å². The second-order valence-corrected chi connectivity index (χ2v) is 6.51. The largest absolute Gasteiger partial charge is 0.352 e. The Morgan fingerprint density at radius 2 is 1.79 bits per heavy atom. The number of nitrogens with zero attached hydrogens (tertiary/aromatic N) is 1. The lowest BCUT2D eigenvalue weighted by Gasteiger charge is -2.38. The van der Waals surface area contributed by atoms with E-state index in [0.29, 0.717) is 6.54 Å². The van der Waals surface area contributed by atoms with Crippen molar-refractivity contribution in [3.8, 4) is 0 Å². The van der Waals surface area contributed by atoms with Crippen LogP contribution in [0.25, 0.3) is 6.08 Å². The lowest BCUT2D eigenvalue weighted by Crippen LogP contribution is -2.41. The zero-order valence-electron chi connectivity index (χ0n) is 13.9. The SMILES string of the molecule is O=C(/C=C\c1ccccn1)NCC1(c2ccccc2)CCCCC1. The number of carbonyl (C=O) groups is 1. The van der Waals surface area contributed by atoms with Gasteiger partial charge in [0.15, 0.2) is 0 Å². The van der Waals surface area contributed by atoms with E-state index >= 15 is 0 Å². The Morgan fingerprint density at radius 3 is 2.50 bits per heavy atom. The standard InChI is InChI=1S/C21H24N2O/c24-20(13-12-19-11-5-8-16-22-19)23-17-21(14-6-2-7-15-21)18-9-3-1-4-10-18/h1,3-5,8-13,16H,2,6-7,14-15,17H2,(H,23,24)/b13-12-. The second-order valence-electron chi connectivity index (χ2n) is 6.51. The summed E-state index contributed by atoms with van der Waals surface area (Å²) in [6, 6.07) is 16.3. The summed E-state index contributed by atoms with van der Waals surface area (Å²) in [6.45, 7) is 0.697. The fraction of sp³-hybridized carbons (Fsp3) is 0.333. The number of nitrogens with one attached hydrogen (secondary N) is 1. The van der Waals surface area contributed by atoms with Crippen molar-refractivity contribution in [3.05, 3.63) is 72.1 Å². The van der Waals surface area contributed by atoms with Gasteiger partial charge in [-0.2, -0.15) is 0 Å². The molecule has 1 N–H and O–H groups in total. The average Bonchev–Trinajstić information content (AvgIpc) is 2.67. The third-order valence-electron chi connectivity index (χ3n) is 4.89. The zero-order chi connectivity index (χ0) is 16.7. The van der Waals surface area contributed by atoms with Gasteiger partial charge in [0, 0.05) is 24.2 Å². The lowest BCUT2D eigenvalue weighted by atomic mass is 9.69. The predicted octanol–water partition coefficient (Wildman–Crippen LogP) is 4.11. The van der Waals surface area contributed by atoms with Gasteiger partial charge >= 0.3 is 0 Å². The molecule has 0 unspecified atom stereocenters. The summed E-state index contributed by atoms with van der Waals surface area (Å²) in [4.78, 5) is 16.4. The molecule has 0 atom stereocenters. The molecule has 0 bridgehead atoms. The Bertz CT molecular complexity index is 673. The van der Waals surface area contributed by atoms with E-state index < -0.39 is 0 Å². The average molecular weight is 320 g/mol. The van der Waals surface area contributed by atoms with E-state index in [1.165, 1.54) is 24.8 Å². The third kappa shape index (κ3) is 4.10. The first-order valence-electron chi connectivity index (χ1n) is 8.71. The maximum absolute atomic E-state index is 12.2. The highest BCUT2D eigenvalue weighted by Crippen LogP contribution is 2.38. The highest BCUT2D eigenvalue weighted by atomic mass is 16.1. The van der Waals surface area contributed by atoms with Crippen LogP contribution >= 0.6 is 0 Å². The van der Waals surface area contributed by atoms with Gasteiger partial charge in [0.2, 0.25) is 5.91 Å². The minimum atomic E-state index is -0.0541. The highest BCUT2D eigenvalue weighted by molar-refractivity contribution is 5.91. The van der Waals surface area contributed by atoms with Crippen LogP contribution in [0.2, 0.25) is 0 Å². The number of aromatic nitrogens is 1. The molecule has 1 aliphatic rings. The molecular weight excluding hydrogens is 296 g/mol. The molecule has 1 aromatic carbocycles. The number of hydrogen-bond donors (Lipinski definition) is 1. The number of hydrogen-bond acceptors (Lipinski definition) is 2. The van der Waals surface area contributed by atoms with E-state index in [9.17, 15) is 4.79 Å². The lowest BCUT2D eigenvalue weighted by molar-refractivity contribution is -0.116. The second kappa shape index (κ2) is 7.91. The Kier molecular flexibility index (Phi) is 5.42. The molecule has 3 nitrogen and oxygen atoms in total. The van der Waals surface area contributed by atoms with Crippen molar-refractivity contribution in [1.29, 1.82) is 0 Å². The van der Waals surface area contributed by atoms with Gasteiger partial charge in [-0.25, -0.2) is 0 Å². The molecule has 0 radical (unpaired) electrons. The van der Waals surface area contributed by atoms with Crippen molar-refractivity contribution in [2.75, 3.05) is 6.54 Å². The predicted molar refractivity (Wildman–Crippen MR) is 97.5 cm³/mol. The number of rotatable bonds is 5. The van der Waals surface area contributed by atoms with Crippen molar-refractivity contribution in [2.24, 2.45) is 0 Å². The normalized spacial score (nSPS) is 16.8. The fourth-order valence-electron chi connectivity index (χ4n) is 3.54. The smallest absolute Gasteiger partial charge is 0.244 e. The van der Waals surface area contributed by atoms with Crippen molar-refractivity contribution in [3.63, 3.8) is 0 Å². The van der Waals surface area contributed by atoms with Crippen LogP contribution in [-0.4, -0.2) is 17.4 Å². The van der Waals surface area contributed by atoms with Crippen molar-refractivity contribution >= 4 is 12.0 Å². The fourth-order valence-corrected chi connectivity index (χ4v) is 3.54. The molecule has 24 heavy (non-hydrogen) atoms. The van der Waals surface area contributed by atoms with Gasteiger partial charge in [-0.3, -0.25) is 9.78 Å². The summed E-state index contributed by atoms with van der Waals surface area (Å²) in [5, 5.41) is 3.11. The molecule has 3 rings (SSSR count). The van der Waals surface area contributed by atoms with E-state index in [1.807, 2.05) is 24.3 Å². The molecule has 124 valence electrons. The maximum atomic E-state index is 12.2. The van der Waals surface area contributed by atoms with Gasteiger partial charge in [-0.15, -0.1) is 0 Å². The molecule has 1 aromatic heterocycles. The first-order valence-corrected chi connectivity index (χ1v) is 8.71. The molecule has 0 aliphatic heterocycles.